The minimum Gasteiger partial charge on any atom is -0.394 e. The maximum absolute atomic E-state index is 12.6. The lowest BCUT2D eigenvalue weighted by atomic mass is 9.73. The van der Waals surface area contributed by atoms with E-state index in [1.807, 2.05) is 20.8 Å². The van der Waals surface area contributed by atoms with E-state index in [0.717, 1.165) is 22.4 Å². The predicted octanol–water partition coefficient (Wildman–Crippen LogP) is 3.58. The minimum absolute atomic E-state index is 0.0297. The second-order valence-corrected chi connectivity index (χ2v) is 6.34. The van der Waals surface area contributed by atoms with Crippen molar-refractivity contribution in [1.29, 1.82) is 0 Å². The number of benzene rings is 1. The Balaban J connectivity index is 2.55. The van der Waals surface area contributed by atoms with Crippen molar-refractivity contribution in [1.82, 2.24) is 0 Å². The standard InChI is InChI=1S/C17H23NO2/c1-10(2)16(19)17(6)9-20-18-15(17)14-12(4)7-11(3)8-13(14)5/h7-8,10H,9H2,1-6H3. The van der Waals surface area contributed by atoms with Gasteiger partial charge in [-0.05, 0) is 38.8 Å². The largest absolute Gasteiger partial charge is 0.394 e. The fraction of sp³-hybridized carbons (Fsp3) is 0.529. The lowest BCUT2D eigenvalue weighted by Crippen LogP contribution is -2.40. The molecule has 1 atom stereocenters. The van der Waals surface area contributed by atoms with Crippen LogP contribution in [0.2, 0.25) is 0 Å². The number of nitrogens with zero attached hydrogens (tertiary/aromatic N) is 1. The summed E-state index contributed by atoms with van der Waals surface area (Å²) in [6, 6.07) is 4.26. The highest BCUT2D eigenvalue weighted by molar-refractivity contribution is 6.19. The highest BCUT2D eigenvalue weighted by Gasteiger charge is 2.46. The van der Waals surface area contributed by atoms with Crippen LogP contribution in [0.25, 0.3) is 0 Å². The molecule has 108 valence electrons. The van der Waals surface area contributed by atoms with Crippen molar-refractivity contribution < 1.29 is 9.63 Å². The summed E-state index contributed by atoms with van der Waals surface area (Å²) in [7, 11) is 0. The van der Waals surface area contributed by atoms with Gasteiger partial charge in [-0.2, -0.15) is 0 Å². The van der Waals surface area contributed by atoms with Crippen LogP contribution in [0.1, 0.15) is 43.0 Å². The fourth-order valence-corrected chi connectivity index (χ4v) is 3.10. The van der Waals surface area contributed by atoms with Gasteiger partial charge in [0.1, 0.15) is 17.7 Å². The molecule has 0 radical (unpaired) electrons. The molecule has 0 aromatic heterocycles. The van der Waals surface area contributed by atoms with Crippen molar-refractivity contribution in [2.24, 2.45) is 16.5 Å². The Morgan fingerprint density at radius 3 is 2.30 bits per heavy atom. The van der Waals surface area contributed by atoms with Gasteiger partial charge in [0.2, 0.25) is 0 Å². The molecule has 0 aliphatic carbocycles. The lowest BCUT2D eigenvalue weighted by molar-refractivity contribution is -0.128. The normalized spacial score (nSPS) is 21.9. The van der Waals surface area contributed by atoms with Crippen LogP contribution in [0.3, 0.4) is 0 Å². The van der Waals surface area contributed by atoms with E-state index in [1.165, 1.54) is 5.56 Å². The van der Waals surface area contributed by atoms with E-state index in [1.54, 1.807) is 0 Å². The number of carbonyl (C=O) groups excluding carboxylic acids is 1. The van der Waals surface area contributed by atoms with Crippen LogP contribution in [0.15, 0.2) is 17.3 Å². The van der Waals surface area contributed by atoms with Gasteiger partial charge in [0.15, 0.2) is 5.78 Å². The number of rotatable bonds is 3. The van der Waals surface area contributed by atoms with Gasteiger partial charge < -0.3 is 4.84 Å². The Hall–Kier alpha value is -1.64. The zero-order valence-electron chi connectivity index (χ0n) is 13.2. The van der Waals surface area contributed by atoms with Gasteiger partial charge in [-0.3, -0.25) is 4.79 Å². The summed E-state index contributed by atoms with van der Waals surface area (Å²) in [6.45, 7) is 12.4. The Morgan fingerprint density at radius 1 is 1.25 bits per heavy atom. The monoisotopic (exact) mass is 273 g/mol. The summed E-state index contributed by atoms with van der Waals surface area (Å²) in [6.07, 6.45) is 0. The van der Waals surface area contributed by atoms with E-state index < -0.39 is 5.41 Å². The summed E-state index contributed by atoms with van der Waals surface area (Å²) in [5, 5.41) is 4.21. The number of hydrogen-bond acceptors (Lipinski definition) is 3. The number of ketones is 1. The molecule has 1 aliphatic rings. The third-order valence-corrected chi connectivity index (χ3v) is 4.01. The zero-order valence-corrected chi connectivity index (χ0v) is 13.2. The topological polar surface area (TPSA) is 38.7 Å². The first-order valence-corrected chi connectivity index (χ1v) is 7.10. The second kappa shape index (κ2) is 5.04. The quantitative estimate of drug-likeness (QED) is 0.844. The highest BCUT2D eigenvalue weighted by atomic mass is 16.6. The molecule has 0 N–H and O–H groups in total. The van der Waals surface area contributed by atoms with E-state index in [2.05, 4.69) is 38.1 Å². The summed E-state index contributed by atoms with van der Waals surface area (Å²) in [5.41, 5.74) is 4.72. The van der Waals surface area contributed by atoms with Crippen LogP contribution in [0.4, 0.5) is 0 Å². The average Bonchev–Trinajstić information content (AvgIpc) is 2.70. The van der Waals surface area contributed by atoms with E-state index in [-0.39, 0.29) is 11.7 Å². The van der Waals surface area contributed by atoms with Crippen molar-refractivity contribution in [3.63, 3.8) is 0 Å². The van der Waals surface area contributed by atoms with Crippen LogP contribution < -0.4 is 0 Å². The molecule has 3 heteroatoms. The molecule has 1 aromatic rings. The van der Waals surface area contributed by atoms with Crippen molar-refractivity contribution in [2.45, 2.75) is 41.5 Å². The smallest absolute Gasteiger partial charge is 0.150 e. The Labute approximate surface area is 121 Å². The zero-order chi connectivity index (χ0) is 15.1. The molecule has 0 bridgehead atoms. The molecule has 0 saturated carbocycles. The molecule has 0 spiro atoms. The molecular formula is C17H23NO2. The van der Waals surface area contributed by atoms with Crippen LogP contribution in [0.5, 0.6) is 0 Å². The number of aryl methyl sites for hydroxylation is 3. The van der Waals surface area contributed by atoms with Crippen LogP contribution in [-0.2, 0) is 9.63 Å². The molecule has 1 aromatic carbocycles. The number of carbonyl (C=O) groups is 1. The Morgan fingerprint density at radius 2 is 1.80 bits per heavy atom. The van der Waals surface area contributed by atoms with Gasteiger partial charge in [0.05, 0.1) is 0 Å². The maximum Gasteiger partial charge on any atom is 0.150 e. The SMILES string of the molecule is Cc1cc(C)c(C2=NOCC2(C)C(=O)C(C)C)c(C)c1. The Kier molecular flexibility index (Phi) is 3.72. The van der Waals surface area contributed by atoms with Crippen molar-refractivity contribution >= 4 is 11.5 Å². The van der Waals surface area contributed by atoms with Gasteiger partial charge in [-0.25, -0.2) is 0 Å². The fourth-order valence-electron chi connectivity index (χ4n) is 3.10. The summed E-state index contributed by atoms with van der Waals surface area (Å²) in [5.74, 6) is 0.158. The minimum atomic E-state index is -0.640. The second-order valence-electron chi connectivity index (χ2n) is 6.34. The summed E-state index contributed by atoms with van der Waals surface area (Å²) < 4.78 is 0. The van der Waals surface area contributed by atoms with Crippen molar-refractivity contribution in [2.75, 3.05) is 6.61 Å². The highest BCUT2D eigenvalue weighted by Crippen LogP contribution is 2.35. The maximum atomic E-state index is 12.6. The van der Waals surface area contributed by atoms with Crippen LogP contribution >= 0.6 is 0 Å². The van der Waals surface area contributed by atoms with Gasteiger partial charge >= 0.3 is 0 Å². The van der Waals surface area contributed by atoms with E-state index >= 15 is 0 Å². The van der Waals surface area contributed by atoms with Crippen LogP contribution in [0, 0.1) is 32.1 Å². The first-order chi connectivity index (χ1) is 9.27. The van der Waals surface area contributed by atoms with Gasteiger partial charge in [0.25, 0.3) is 0 Å². The Bertz CT molecular complexity index is 564. The molecule has 3 nitrogen and oxygen atoms in total. The number of hydrogen-bond donors (Lipinski definition) is 0. The van der Waals surface area contributed by atoms with E-state index in [0.29, 0.717) is 6.61 Å². The van der Waals surface area contributed by atoms with Gasteiger partial charge in [-0.1, -0.05) is 36.7 Å². The average molecular weight is 273 g/mol. The van der Waals surface area contributed by atoms with Gasteiger partial charge in [-0.15, -0.1) is 0 Å². The molecule has 1 unspecified atom stereocenters. The lowest BCUT2D eigenvalue weighted by Gasteiger charge is -2.25. The van der Waals surface area contributed by atoms with E-state index in [4.69, 9.17) is 4.84 Å². The summed E-state index contributed by atoms with van der Waals surface area (Å²) in [4.78, 5) is 17.9. The molecule has 20 heavy (non-hydrogen) atoms. The van der Waals surface area contributed by atoms with Crippen LogP contribution in [-0.4, -0.2) is 18.1 Å². The molecule has 0 amide bonds. The molecule has 1 heterocycles. The molecule has 0 fully saturated rings. The first-order valence-electron chi connectivity index (χ1n) is 7.10. The third-order valence-electron chi connectivity index (χ3n) is 4.01. The van der Waals surface area contributed by atoms with Crippen molar-refractivity contribution in [3.05, 3.63) is 34.4 Å². The summed E-state index contributed by atoms with van der Waals surface area (Å²) >= 11 is 0. The van der Waals surface area contributed by atoms with Crippen molar-refractivity contribution in [3.8, 4) is 0 Å². The predicted molar refractivity (Wildman–Crippen MR) is 81.1 cm³/mol. The molecular weight excluding hydrogens is 250 g/mol. The number of oxime groups is 1. The molecule has 1 aliphatic heterocycles. The molecule has 2 rings (SSSR count). The number of Topliss-reactive ketones (excluding diaryl/α,β-unsaturated/α-hetero) is 1. The third kappa shape index (κ3) is 2.26. The molecule has 0 saturated heterocycles. The van der Waals surface area contributed by atoms with Gasteiger partial charge in [0, 0.05) is 11.5 Å². The first kappa shape index (κ1) is 14.8. The van der Waals surface area contributed by atoms with E-state index in [9.17, 15) is 4.79 Å².